The largest absolute Gasteiger partial charge is 0.394 e. The Bertz CT molecular complexity index is 513. The molecule has 0 aliphatic rings. The van der Waals surface area contributed by atoms with Crippen LogP contribution in [0.2, 0.25) is 0 Å². The Morgan fingerprint density at radius 3 is 2.88 bits per heavy atom. The molecule has 0 amide bonds. The number of nitrogens with zero attached hydrogens (tertiary/aromatic N) is 2. The van der Waals surface area contributed by atoms with E-state index in [1.54, 1.807) is 19.1 Å². The summed E-state index contributed by atoms with van der Waals surface area (Å²) in [6.45, 7) is 1.70. The van der Waals surface area contributed by atoms with E-state index in [2.05, 4.69) is 15.3 Å². The summed E-state index contributed by atoms with van der Waals surface area (Å²) in [5, 5.41) is 3.00. The summed E-state index contributed by atoms with van der Waals surface area (Å²) >= 11 is 0. The zero-order valence-corrected chi connectivity index (χ0v) is 8.74. The first-order valence-corrected chi connectivity index (χ1v) is 4.75. The summed E-state index contributed by atoms with van der Waals surface area (Å²) in [4.78, 5) is 7.77. The van der Waals surface area contributed by atoms with E-state index >= 15 is 0 Å². The number of aryl methyl sites for hydroxylation is 1. The van der Waals surface area contributed by atoms with Crippen LogP contribution in [0.5, 0.6) is 0 Å². The van der Waals surface area contributed by atoms with Crippen LogP contribution >= 0.6 is 0 Å². The fraction of sp³-hybridized carbons (Fsp3) is 0.0909. The zero-order valence-electron chi connectivity index (χ0n) is 8.74. The molecule has 2 aromatic rings. The summed E-state index contributed by atoms with van der Waals surface area (Å²) < 4.78 is 13.0. The molecule has 0 radical (unpaired) electrons. The number of anilines is 3. The highest BCUT2D eigenvalue weighted by Gasteiger charge is 2.02. The van der Waals surface area contributed by atoms with Crippen LogP contribution in [0.4, 0.5) is 21.6 Å². The monoisotopic (exact) mass is 218 g/mol. The van der Waals surface area contributed by atoms with E-state index < -0.39 is 0 Å². The van der Waals surface area contributed by atoms with E-state index in [1.807, 2.05) is 0 Å². The van der Waals surface area contributed by atoms with E-state index in [0.717, 1.165) is 5.69 Å². The second-order valence-electron chi connectivity index (χ2n) is 3.42. The molecule has 2 rings (SSSR count). The van der Waals surface area contributed by atoms with Gasteiger partial charge in [-0.2, -0.15) is 0 Å². The minimum absolute atomic E-state index is 0.235. The van der Waals surface area contributed by atoms with Crippen molar-refractivity contribution in [1.82, 2.24) is 9.97 Å². The van der Waals surface area contributed by atoms with Crippen LogP contribution < -0.4 is 11.1 Å². The molecule has 0 fully saturated rings. The smallest absolute Gasteiger partial charge is 0.157 e. The minimum Gasteiger partial charge on any atom is -0.394 e. The third-order valence-electron chi connectivity index (χ3n) is 2.16. The van der Waals surface area contributed by atoms with Crippen LogP contribution in [0.3, 0.4) is 0 Å². The summed E-state index contributed by atoms with van der Waals surface area (Å²) in [5.41, 5.74) is 7.43. The maximum Gasteiger partial charge on any atom is 0.157 e. The van der Waals surface area contributed by atoms with Gasteiger partial charge in [-0.15, -0.1) is 0 Å². The Balaban J connectivity index is 2.28. The van der Waals surface area contributed by atoms with Crippen molar-refractivity contribution in [2.24, 2.45) is 0 Å². The highest BCUT2D eigenvalue weighted by atomic mass is 19.1. The van der Waals surface area contributed by atoms with Gasteiger partial charge in [-0.1, -0.05) is 0 Å². The predicted molar refractivity (Wildman–Crippen MR) is 60.9 cm³/mol. The first-order valence-electron chi connectivity index (χ1n) is 4.75. The fourth-order valence-electron chi connectivity index (χ4n) is 1.30. The first-order chi connectivity index (χ1) is 7.66. The van der Waals surface area contributed by atoms with Gasteiger partial charge in [0.05, 0.1) is 11.9 Å². The van der Waals surface area contributed by atoms with Crippen molar-refractivity contribution < 1.29 is 4.39 Å². The first kappa shape index (κ1) is 10.4. The molecule has 3 N–H and O–H groups in total. The number of rotatable bonds is 2. The van der Waals surface area contributed by atoms with Crippen molar-refractivity contribution in [1.29, 1.82) is 0 Å². The van der Waals surface area contributed by atoms with Crippen molar-refractivity contribution in [2.75, 3.05) is 11.1 Å². The molecule has 1 heterocycles. The van der Waals surface area contributed by atoms with Crippen LogP contribution in [0.25, 0.3) is 0 Å². The Labute approximate surface area is 92.3 Å². The quantitative estimate of drug-likeness (QED) is 0.811. The van der Waals surface area contributed by atoms with E-state index in [-0.39, 0.29) is 5.82 Å². The van der Waals surface area contributed by atoms with Gasteiger partial charge in [0.15, 0.2) is 5.82 Å². The standard InChI is InChI=1S/C11H11FN4/c1-7-4-8(2-3-9(7)12)16-11-10(13)5-14-6-15-11/h2-6H,13H2,1H3,(H,14,15,16). The summed E-state index contributed by atoms with van der Waals surface area (Å²) in [6.07, 6.45) is 2.90. The van der Waals surface area contributed by atoms with Crippen LogP contribution in [-0.4, -0.2) is 9.97 Å². The summed E-state index contributed by atoms with van der Waals surface area (Å²) in [5.74, 6) is 0.280. The van der Waals surface area contributed by atoms with Gasteiger partial charge < -0.3 is 11.1 Å². The van der Waals surface area contributed by atoms with Crippen molar-refractivity contribution in [3.05, 3.63) is 42.1 Å². The second-order valence-corrected chi connectivity index (χ2v) is 3.42. The molecule has 0 bridgehead atoms. The average Bonchev–Trinajstić information content (AvgIpc) is 2.27. The average molecular weight is 218 g/mol. The molecular formula is C11H11FN4. The third kappa shape index (κ3) is 2.08. The van der Waals surface area contributed by atoms with Gasteiger partial charge in [0.1, 0.15) is 12.1 Å². The van der Waals surface area contributed by atoms with E-state index in [1.165, 1.54) is 18.6 Å². The molecule has 0 saturated carbocycles. The molecule has 1 aromatic heterocycles. The SMILES string of the molecule is Cc1cc(Nc2ncncc2N)ccc1F. The lowest BCUT2D eigenvalue weighted by atomic mass is 10.2. The number of hydrogen-bond acceptors (Lipinski definition) is 4. The van der Waals surface area contributed by atoms with Crippen molar-refractivity contribution >= 4 is 17.2 Å². The highest BCUT2D eigenvalue weighted by Crippen LogP contribution is 2.20. The molecule has 0 unspecified atom stereocenters. The van der Waals surface area contributed by atoms with Crippen LogP contribution in [0.15, 0.2) is 30.7 Å². The Kier molecular flexibility index (Phi) is 2.68. The number of nitrogen functional groups attached to an aromatic ring is 1. The van der Waals surface area contributed by atoms with E-state index in [4.69, 9.17) is 5.73 Å². The summed E-state index contributed by atoms with van der Waals surface area (Å²) in [6, 6.07) is 4.72. The molecule has 0 atom stereocenters. The minimum atomic E-state index is -0.235. The Morgan fingerprint density at radius 1 is 1.38 bits per heavy atom. The number of aromatic nitrogens is 2. The van der Waals surface area contributed by atoms with Crippen LogP contribution in [0, 0.1) is 12.7 Å². The summed E-state index contributed by atoms with van der Waals surface area (Å²) in [7, 11) is 0. The lowest BCUT2D eigenvalue weighted by Crippen LogP contribution is -2.00. The number of halogens is 1. The molecular weight excluding hydrogens is 207 g/mol. The van der Waals surface area contributed by atoms with Gasteiger partial charge in [0.25, 0.3) is 0 Å². The fourth-order valence-corrected chi connectivity index (χ4v) is 1.30. The van der Waals surface area contributed by atoms with Gasteiger partial charge in [-0.25, -0.2) is 14.4 Å². The number of nitrogens with one attached hydrogen (secondary N) is 1. The highest BCUT2D eigenvalue weighted by molar-refractivity contribution is 5.67. The van der Waals surface area contributed by atoms with Crippen LogP contribution in [0.1, 0.15) is 5.56 Å². The van der Waals surface area contributed by atoms with Gasteiger partial charge in [-0.05, 0) is 30.7 Å². The maximum absolute atomic E-state index is 13.0. The molecule has 0 aliphatic carbocycles. The van der Waals surface area contributed by atoms with Crippen molar-refractivity contribution in [3.63, 3.8) is 0 Å². The molecule has 0 aliphatic heterocycles. The predicted octanol–water partition coefficient (Wildman–Crippen LogP) is 2.25. The molecule has 1 aromatic carbocycles. The van der Waals surface area contributed by atoms with Gasteiger partial charge >= 0.3 is 0 Å². The maximum atomic E-state index is 13.0. The Morgan fingerprint density at radius 2 is 2.19 bits per heavy atom. The zero-order chi connectivity index (χ0) is 11.5. The van der Waals surface area contributed by atoms with Gasteiger partial charge in [-0.3, -0.25) is 0 Å². The number of hydrogen-bond donors (Lipinski definition) is 2. The van der Waals surface area contributed by atoms with Crippen molar-refractivity contribution in [3.8, 4) is 0 Å². The molecule has 5 heteroatoms. The number of nitrogens with two attached hydrogens (primary N) is 1. The topological polar surface area (TPSA) is 63.8 Å². The van der Waals surface area contributed by atoms with E-state index in [9.17, 15) is 4.39 Å². The second kappa shape index (κ2) is 4.14. The molecule has 0 saturated heterocycles. The normalized spacial score (nSPS) is 10.1. The molecule has 0 spiro atoms. The van der Waals surface area contributed by atoms with Crippen molar-refractivity contribution in [2.45, 2.75) is 6.92 Å². The lowest BCUT2D eigenvalue weighted by molar-refractivity contribution is 0.619. The number of benzene rings is 1. The van der Waals surface area contributed by atoms with E-state index in [0.29, 0.717) is 17.1 Å². The molecule has 4 nitrogen and oxygen atoms in total. The van der Waals surface area contributed by atoms with Crippen LogP contribution in [-0.2, 0) is 0 Å². The Hall–Kier alpha value is -2.17. The third-order valence-corrected chi connectivity index (χ3v) is 2.16. The molecule has 82 valence electrons. The lowest BCUT2D eigenvalue weighted by Gasteiger charge is -2.08. The van der Waals surface area contributed by atoms with Gasteiger partial charge in [0.2, 0.25) is 0 Å². The van der Waals surface area contributed by atoms with Gasteiger partial charge in [0, 0.05) is 5.69 Å². The molecule has 16 heavy (non-hydrogen) atoms.